The molecule has 1 atom stereocenters. The highest BCUT2D eigenvalue weighted by atomic mass is 16.5. The SMILES string of the molecule is CCOc1ncc(-c2c(C)cc(C(COCC(C)(C)O)C(=O)C(C)C)cc2C)cc1C. The molecule has 170 valence electrons. The molecular formula is C26H37NO4. The van der Waals surface area contributed by atoms with Crippen molar-refractivity contribution in [2.75, 3.05) is 19.8 Å². The topological polar surface area (TPSA) is 68.7 Å². The lowest BCUT2D eigenvalue weighted by atomic mass is 9.85. The predicted molar refractivity (Wildman–Crippen MR) is 125 cm³/mol. The number of carbonyl (C=O) groups excluding carboxylic acids is 1. The molecule has 0 saturated heterocycles. The molecule has 5 heteroatoms. The smallest absolute Gasteiger partial charge is 0.216 e. The third kappa shape index (κ3) is 6.62. The van der Waals surface area contributed by atoms with Crippen LogP contribution in [-0.2, 0) is 9.53 Å². The van der Waals surface area contributed by atoms with Crippen molar-refractivity contribution in [2.24, 2.45) is 5.92 Å². The van der Waals surface area contributed by atoms with Crippen molar-refractivity contribution in [2.45, 2.75) is 66.9 Å². The fourth-order valence-corrected chi connectivity index (χ4v) is 3.81. The van der Waals surface area contributed by atoms with Crippen LogP contribution in [0.4, 0.5) is 0 Å². The molecule has 1 aromatic carbocycles. The number of rotatable bonds is 10. The zero-order valence-electron chi connectivity index (χ0n) is 20.2. The van der Waals surface area contributed by atoms with Crippen LogP contribution in [0.25, 0.3) is 11.1 Å². The first-order valence-corrected chi connectivity index (χ1v) is 11.0. The van der Waals surface area contributed by atoms with Gasteiger partial charge in [-0.3, -0.25) is 4.79 Å². The van der Waals surface area contributed by atoms with Crippen molar-refractivity contribution in [3.8, 4) is 17.0 Å². The highest BCUT2D eigenvalue weighted by molar-refractivity contribution is 5.88. The Labute approximate surface area is 186 Å². The lowest BCUT2D eigenvalue weighted by molar-refractivity contribution is -0.125. The van der Waals surface area contributed by atoms with Crippen molar-refractivity contribution >= 4 is 5.78 Å². The average molecular weight is 428 g/mol. The van der Waals surface area contributed by atoms with E-state index in [2.05, 4.69) is 37.0 Å². The lowest BCUT2D eigenvalue weighted by Crippen LogP contribution is -2.29. The number of hydrogen-bond donors (Lipinski definition) is 1. The van der Waals surface area contributed by atoms with Crippen LogP contribution in [0.2, 0.25) is 0 Å². The number of ether oxygens (including phenoxy) is 2. The van der Waals surface area contributed by atoms with Crippen LogP contribution in [0.1, 0.15) is 62.8 Å². The minimum absolute atomic E-state index is 0.103. The number of aromatic nitrogens is 1. The summed E-state index contributed by atoms with van der Waals surface area (Å²) in [6, 6.07) is 6.25. The predicted octanol–water partition coefficient (Wildman–Crippen LogP) is 5.17. The zero-order valence-corrected chi connectivity index (χ0v) is 20.2. The van der Waals surface area contributed by atoms with Gasteiger partial charge < -0.3 is 14.6 Å². The van der Waals surface area contributed by atoms with Crippen molar-refractivity contribution in [3.63, 3.8) is 0 Å². The van der Waals surface area contributed by atoms with Crippen LogP contribution in [0.3, 0.4) is 0 Å². The number of benzene rings is 1. The van der Waals surface area contributed by atoms with E-state index in [0.717, 1.165) is 33.4 Å². The molecule has 0 saturated carbocycles. The van der Waals surface area contributed by atoms with Gasteiger partial charge in [0.2, 0.25) is 5.88 Å². The van der Waals surface area contributed by atoms with Gasteiger partial charge in [-0.1, -0.05) is 26.0 Å². The Bertz CT molecular complexity index is 889. The summed E-state index contributed by atoms with van der Waals surface area (Å²) in [5, 5.41) is 9.95. The minimum atomic E-state index is -0.931. The maximum atomic E-state index is 13.0. The summed E-state index contributed by atoms with van der Waals surface area (Å²) in [5.74, 6) is 0.327. The summed E-state index contributed by atoms with van der Waals surface area (Å²) in [5.41, 5.74) is 5.34. The van der Waals surface area contributed by atoms with Crippen LogP contribution in [-0.4, -0.2) is 41.3 Å². The van der Waals surface area contributed by atoms with Crippen LogP contribution in [0, 0.1) is 26.7 Å². The van der Waals surface area contributed by atoms with Crippen LogP contribution >= 0.6 is 0 Å². The van der Waals surface area contributed by atoms with Gasteiger partial charge in [-0.2, -0.15) is 0 Å². The first-order chi connectivity index (χ1) is 14.4. The number of Topliss-reactive ketones (excluding diaryl/α,β-unsaturated/α-hetero) is 1. The van der Waals surface area contributed by atoms with Crippen molar-refractivity contribution in [3.05, 3.63) is 46.6 Å². The Morgan fingerprint density at radius 1 is 1.10 bits per heavy atom. The standard InChI is InChI=1S/C26H37NO4/c1-9-31-25-19(6)12-21(13-27-25)23-17(4)10-20(11-18(23)5)22(24(28)16(2)3)14-30-15-26(7,8)29/h10-13,16,22,29H,9,14-15H2,1-8H3. The Morgan fingerprint density at radius 3 is 2.19 bits per heavy atom. The number of hydrogen-bond acceptors (Lipinski definition) is 5. The molecule has 0 aliphatic rings. The van der Waals surface area contributed by atoms with Crippen LogP contribution < -0.4 is 4.74 Å². The second-order valence-corrected chi connectivity index (χ2v) is 9.25. The molecule has 5 nitrogen and oxygen atoms in total. The monoisotopic (exact) mass is 427 g/mol. The summed E-state index contributed by atoms with van der Waals surface area (Å²) < 4.78 is 11.3. The molecule has 0 spiro atoms. The van der Waals surface area contributed by atoms with Gasteiger partial charge >= 0.3 is 0 Å². The van der Waals surface area contributed by atoms with Crippen molar-refractivity contribution in [1.82, 2.24) is 4.98 Å². The Balaban J connectivity index is 2.40. The Kier molecular flexibility index (Phi) is 8.38. The Hall–Kier alpha value is -2.24. The number of aliphatic hydroxyl groups is 1. The summed E-state index contributed by atoms with van der Waals surface area (Å²) >= 11 is 0. The number of nitrogens with zero attached hydrogens (tertiary/aromatic N) is 1. The third-order valence-electron chi connectivity index (χ3n) is 5.21. The van der Waals surface area contributed by atoms with Gasteiger partial charge in [0.1, 0.15) is 5.78 Å². The molecule has 0 aliphatic carbocycles. The highest BCUT2D eigenvalue weighted by Gasteiger charge is 2.26. The third-order valence-corrected chi connectivity index (χ3v) is 5.21. The van der Waals surface area contributed by atoms with Gasteiger partial charge in [0.05, 0.1) is 31.3 Å². The quantitative estimate of drug-likeness (QED) is 0.567. The molecule has 0 fully saturated rings. The van der Waals surface area contributed by atoms with Crippen molar-refractivity contribution < 1.29 is 19.4 Å². The molecule has 1 unspecified atom stereocenters. The van der Waals surface area contributed by atoms with Gasteiger partial charge in [-0.15, -0.1) is 0 Å². The average Bonchev–Trinajstić information content (AvgIpc) is 2.65. The van der Waals surface area contributed by atoms with Gasteiger partial charge in [-0.05, 0) is 69.9 Å². The first-order valence-electron chi connectivity index (χ1n) is 11.0. The normalized spacial score (nSPS) is 12.8. The number of aryl methyl sites for hydroxylation is 3. The van der Waals surface area contributed by atoms with E-state index in [1.165, 1.54) is 0 Å². The zero-order chi connectivity index (χ0) is 23.3. The van der Waals surface area contributed by atoms with E-state index in [0.29, 0.717) is 12.5 Å². The fraction of sp³-hybridized carbons (Fsp3) is 0.538. The van der Waals surface area contributed by atoms with Gasteiger partial charge in [0.15, 0.2) is 0 Å². The first kappa shape index (κ1) is 25.0. The second kappa shape index (κ2) is 10.4. The van der Waals surface area contributed by atoms with E-state index in [9.17, 15) is 9.90 Å². The summed E-state index contributed by atoms with van der Waals surface area (Å²) in [7, 11) is 0. The van der Waals surface area contributed by atoms with Crippen LogP contribution in [0.5, 0.6) is 5.88 Å². The van der Waals surface area contributed by atoms with E-state index in [4.69, 9.17) is 9.47 Å². The molecule has 31 heavy (non-hydrogen) atoms. The molecule has 1 N–H and O–H groups in total. The maximum Gasteiger partial charge on any atom is 0.216 e. The number of ketones is 1. The molecule has 0 radical (unpaired) electrons. The van der Waals surface area contributed by atoms with Crippen LogP contribution in [0.15, 0.2) is 24.4 Å². The minimum Gasteiger partial charge on any atom is -0.478 e. The second-order valence-electron chi connectivity index (χ2n) is 9.25. The van der Waals surface area contributed by atoms with Gasteiger partial charge in [0.25, 0.3) is 0 Å². The van der Waals surface area contributed by atoms with E-state index < -0.39 is 5.60 Å². The molecule has 2 aromatic rings. The molecule has 1 heterocycles. The van der Waals surface area contributed by atoms with E-state index in [1.54, 1.807) is 13.8 Å². The number of carbonyl (C=O) groups is 1. The number of pyridine rings is 1. The van der Waals surface area contributed by atoms with E-state index in [-0.39, 0.29) is 30.8 Å². The van der Waals surface area contributed by atoms with E-state index in [1.807, 2.05) is 33.9 Å². The van der Waals surface area contributed by atoms with Crippen molar-refractivity contribution in [1.29, 1.82) is 0 Å². The van der Waals surface area contributed by atoms with Gasteiger partial charge in [0, 0.05) is 23.2 Å². The fourth-order valence-electron chi connectivity index (χ4n) is 3.81. The molecule has 0 amide bonds. The maximum absolute atomic E-state index is 13.0. The lowest BCUT2D eigenvalue weighted by Gasteiger charge is -2.23. The highest BCUT2D eigenvalue weighted by Crippen LogP contribution is 2.33. The van der Waals surface area contributed by atoms with Gasteiger partial charge in [-0.25, -0.2) is 4.98 Å². The molecule has 1 aromatic heterocycles. The summed E-state index contributed by atoms with van der Waals surface area (Å²) in [6.45, 7) is 16.3. The largest absolute Gasteiger partial charge is 0.478 e. The summed E-state index contributed by atoms with van der Waals surface area (Å²) in [4.78, 5) is 17.4. The van der Waals surface area contributed by atoms with E-state index >= 15 is 0 Å². The molecular weight excluding hydrogens is 390 g/mol. The summed E-state index contributed by atoms with van der Waals surface area (Å²) in [6.07, 6.45) is 1.84. The Morgan fingerprint density at radius 2 is 1.71 bits per heavy atom. The molecule has 0 bridgehead atoms. The molecule has 0 aliphatic heterocycles. The molecule has 2 rings (SSSR count).